The Hall–Kier alpha value is -4.46. The van der Waals surface area contributed by atoms with Gasteiger partial charge in [-0.2, -0.15) is 0 Å². The molecule has 8 nitrogen and oxygen atoms in total. The molecule has 8 heteroatoms. The molecule has 2 aliphatic heterocycles. The first-order valence-corrected chi connectivity index (χ1v) is 42.8. The van der Waals surface area contributed by atoms with E-state index in [0.29, 0.717) is 50.4 Å². The van der Waals surface area contributed by atoms with Crippen LogP contribution in [0.25, 0.3) is 0 Å². The number of rotatable bonds is 55. The molecular formula is C94H158O8. The smallest absolute Gasteiger partial charge is 0.351 e. The van der Waals surface area contributed by atoms with Crippen molar-refractivity contribution in [2.75, 3.05) is 0 Å². The van der Waals surface area contributed by atoms with Crippen molar-refractivity contribution in [2.45, 2.75) is 424 Å². The van der Waals surface area contributed by atoms with E-state index in [1.54, 1.807) is 0 Å². The Kier molecular flexibility index (Phi) is 42.9. The molecule has 4 rings (SSSR count). The van der Waals surface area contributed by atoms with Crippen molar-refractivity contribution in [3.05, 3.63) is 93.1 Å². The van der Waals surface area contributed by atoms with Gasteiger partial charge in [0.05, 0.1) is 5.92 Å². The van der Waals surface area contributed by atoms with E-state index in [-0.39, 0.29) is 30.3 Å². The third-order valence-corrected chi connectivity index (χ3v) is 24.1. The number of esters is 2. The van der Waals surface area contributed by atoms with Crippen molar-refractivity contribution in [3.8, 4) is 23.0 Å². The topological polar surface area (TPSA) is 112 Å². The summed E-state index contributed by atoms with van der Waals surface area (Å²) in [4.78, 5) is 32.5. The highest BCUT2D eigenvalue weighted by Crippen LogP contribution is 2.54. The summed E-state index contributed by atoms with van der Waals surface area (Å²) in [6.45, 7) is 39.8. The second-order valence-corrected chi connectivity index (χ2v) is 34.4. The lowest BCUT2D eigenvalue weighted by molar-refractivity contribution is -0.215. The summed E-state index contributed by atoms with van der Waals surface area (Å²) in [5.41, 5.74) is 2.89. The number of unbranched alkanes of at least 4 members (excludes halogenated alkanes) is 15. The van der Waals surface area contributed by atoms with Crippen molar-refractivity contribution >= 4 is 11.9 Å². The average Bonchev–Trinajstić information content (AvgIpc) is 0.726. The van der Waals surface area contributed by atoms with E-state index in [4.69, 9.17) is 18.9 Å². The van der Waals surface area contributed by atoms with E-state index in [1.807, 2.05) is 34.6 Å². The molecule has 0 saturated heterocycles. The van der Waals surface area contributed by atoms with E-state index in [0.717, 1.165) is 189 Å². The van der Waals surface area contributed by atoms with E-state index < -0.39 is 34.8 Å². The van der Waals surface area contributed by atoms with Crippen molar-refractivity contribution in [3.63, 3.8) is 0 Å². The van der Waals surface area contributed by atoms with Crippen molar-refractivity contribution in [1.82, 2.24) is 0 Å². The van der Waals surface area contributed by atoms with Crippen LogP contribution in [0.2, 0.25) is 0 Å². The third-order valence-electron chi connectivity index (χ3n) is 24.1. The molecule has 3 unspecified atom stereocenters. The number of hydrogen-bond acceptors (Lipinski definition) is 8. The highest BCUT2D eigenvalue weighted by atomic mass is 16.6. The van der Waals surface area contributed by atoms with Gasteiger partial charge < -0.3 is 29.2 Å². The maximum absolute atomic E-state index is 17.1. The minimum absolute atomic E-state index is 0.191. The normalized spacial score (nSPS) is 19.6. The van der Waals surface area contributed by atoms with Gasteiger partial charge in [0.1, 0.15) is 40.3 Å². The molecule has 0 aliphatic carbocycles. The number of aromatic hydroxyl groups is 2. The van der Waals surface area contributed by atoms with Gasteiger partial charge in [-0.1, -0.05) is 266 Å². The number of ether oxygens (including phenoxy) is 4. The molecule has 2 aliphatic rings. The van der Waals surface area contributed by atoms with Crippen LogP contribution in [0.4, 0.5) is 0 Å². The fourth-order valence-electron chi connectivity index (χ4n) is 16.5. The number of benzene rings is 2. The quantitative estimate of drug-likeness (QED) is 0.0383. The summed E-state index contributed by atoms with van der Waals surface area (Å²) in [7, 11) is 0. The Morgan fingerprint density at radius 3 is 1.24 bits per heavy atom. The fourth-order valence-corrected chi connectivity index (χ4v) is 16.5. The summed E-state index contributed by atoms with van der Waals surface area (Å²) in [6.07, 6.45) is 61.1. The van der Waals surface area contributed by atoms with Crippen LogP contribution in [-0.4, -0.2) is 45.1 Å². The molecule has 0 saturated carbocycles. The molecule has 2 aromatic rings. The summed E-state index contributed by atoms with van der Waals surface area (Å²) in [5, 5.41) is 23.7. The zero-order valence-electron chi connectivity index (χ0n) is 69.5. The lowest BCUT2D eigenvalue weighted by Crippen LogP contribution is -2.63. The number of phenols is 2. The third kappa shape index (κ3) is 30.8. The van der Waals surface area contributed by atoms with Gasteiger partial charge in [-0.05, 0) is 240 Å². The minimum Gasteiger partial charge on any atom is -0.507 e. The first kappa shape index (κ1) is 89.9. The molecule has 0 fully saturated rings. The molecule has 0 amide bonds. The van der Waals surface area contributed by atoms with Gasteiger partial charge in [0.2, 0.25) is 5.60 Å². The Labute approximate surface area is 628 Å². The Morgan fingerprint density at radius 1 is 0.441 bits per heavy atom. The Morgan fingerprint density at radius 2 is 0.804 bits per heavy atom. The van der Waals surface area contributed by atoms with Crippen LogP contribution in [-0.2, 0) is 31.9 Å². The van der Waals surface area contributed by atoms with Gasteiger partial charge in [0, 0.05) is 24.0 Å². The van der Waals surface area contributed by atoms with Gasteiger partial charge >= 0.3 is 11.9 Å². The summed E-state index contributed by atoms with van der Waals surface area (Å²) in [5.74, 6) is 4.44. The standard InChI is InChI=1S/C94H158O8/c1-19-21-23-25-27-29-31-33-35-36-38-40-42-44-46-64-86(95)100-94(67-47-45-43-41-39-37-34-32-30-28-26-24-22-20-2,84-68-82-80(15)87(96)76(11)78(13)89(82)101-92(84,17)65-52-62-74(9)60-50-58-72(7)56-48-54-70(3)4)91(98)99-85-69-83-81(16)88(97)77(12)79(14)90(83)102-93(85,18)66-53-63-75(10)61-51-59-73(8)57-49-55-71(5)6/h27-30,33-35,37,70-75,84-85,96-97H,19-26,31-32,36,38-69H2,1-18H3/b29-27-,30-28-,35-33-,37-34-/t72-,73-,74+,75+,84?,85?,92-,93-,94?/m0/s1. The molecule has 582 valence electrons. The van der Waals surface area contributed by atoms with E-state index >= 15 is 9.59 Å². The molecule has 2 aromatic carbocycles. The molecule has 9 atom stereocenters. The summed E-state index contributed by atoms with van der Waals surface area (Å²) in [6, 6.07) is 0. The van der Waals surface area contributed by atoms with Crippen LogP contribution in [0, 0.1) is 83.0 Å². The highest BCUT2D eigenvalue weighted by Gasteiger charge is 2.61. The van der Waals surface area contributed by atoms with Gasteiger partial charge in [0.15, 0.2) is 0 Å². The number of fused-ring (bicyclic) bond motifs is 2. The lowest BCUT2D eigenvalue weighted by Gasteiger charge is -2.51. The SMILES string of the molecule is CCCCC/C=C\C/C=C\CCCCCCCC(=O)OC(CCCCCC/C=C\C/C=C\CCCCC)(C(=O)OC1Cc2c(C)c(O)c(C)c(C)c2O[C@@]1(C)CCC[C@H](C)CCC[C@@H](C)CCCC(C)C)C1Cc2c(C)c(O)c(C)c(C)c2O[C@@]1(C)CCC[C@H](C)CCC[C@@H](C)CCCC(C)C. The highest BCUT2D eigenvalue weighted by molar-refractivity contribution is 5.85. The monoisotopic (exact) mass is 1420 g/mol. The van der Waals surface area contributed by atoms with Gasteiger partial charge in [-0.3, -0.25) is 4.79 Å². The largest absolute Gasteiger partial charge is 0.507 e. The predicted octanol–water partition coefficient (Wildman–Crippen LogP) is 28.0. The molecule has 102 heavy (non-hydrogen) atoms. The molecule has 0 aromatic heterocycles. The van der Waals surface area contributed by atoms with Crippen LogP contribution >= 0.6 is 0 Å². The maximum atomic E-state index is 17.1. The van der Waals surface area contributed by atoms with Gasteiger partial charge in [-0.15, -0.1) is 0 Å². The van der Waals surface area contributed by atoms with Crippen LogP contribution in [0.5, 0.6) is 23.0 Å². The number of hydrogen-bond donors (Lipinski definition) is 2. The molecule has 2 heterocycles. The number of phenolic OH excluding ortho intramolecular Hbond substituents is 2. The first-order chi connectivity index (χ1) is 48.7. The van der Waals surface area contributed by atoms with Crippen LogP contribution in [0.1, 0.15) is 391 Å². The Bertz CT molecular complexity index is 2820. The molecule has 0 radical (unpaired) electrons. The zero-order valence-corrected chi connectivity index (χ0v) is 69.5. The molecule has 2 N–H and O–H groups in total. The summed E-state index contributed by atoms with van der Waals surface area (Å²) < 4.78 is 29.8. The minimum atomic E-state index is -1.77. The van der Waals surface area contributed by atoms with E-state index in [9.17, 15) is 10.2 Å². The maximum Gasteiger partial charge on any atom is 0.351 e. The van der Waals surface area contributed by atoms with Gasteiger partial charge in [0.25, 0.3) is 0 Å². The number of allylic oxidation sites excluding steroid dienone is 8. The first-order valence-electron chi connectivity index (χ1n) is 42.8. The second-order valence-electron chi connectivity index (χ2n) is 34.4. The van der Waals surface area contributed by atoms with E-state index in [1.165, 1.54) is 116 Å². The van der Waals surface area contributed by atoms with Gasteiger partial charge in [-0.25, -0.2) is 4.79 Å². The molecule has 0 spiro atoms. The fraction of sp³-hybridized carbons (Fsp3) is 0.766. The van der Waals surface area contributed by atoms with Crippen molar-refractivity contribution < 1.29 is 38.7 Å². The molecular weight excluding hydrogens is 1260 g/mol. The zero-order chi connectivity index (χ0) is 75.1. The van der Waals surface area contributed by atoms with Crippen LogP contribution in [0.15, 0.2) is 48.6 Å². The Balaban J connectivity index is 1.82. The van der Waals surface area contributed by atoms with Crippen LogP contribution < -0.4 is 9.47 Å². The van der Waals surface area contributed by atoms with E-state index in [2.05, 4.69) is 139 Å². The van der Waals surface area contributed by atoms with Crippen molar-refractivity contribution in [2.24, 2.45) is 41.4 Å². The lowest BCUT2D eigenvalue weighted by atomic mass is 9.66. The number of carbonyl (C=O) groups excluding carboxylic acids is 2. The summed E-state index contributed by atoms with van der Waals surface area (Å²) >= 11 is 0. The van der Waals surface area contributed by atoms with Crippen molar-refractivity contribution in [1.29, 1.82) is 0 Å². The number of carbonyl (C=O) groups is 2. The second kappa shape index (κ2) is 48.7. The molecule has 0 bridgehead atoms. The van der Waals surface area contributed by atoms with Crippen LogP contribution in [0.3, 0.4) is 0 Å². The predicted molar refractivity (Wildman–Crippen MR) is 436 cm³/mol. The average molecular weight is 1420 g/mol.